The Hall–Kier alpha value is -1.00. The molecule has 0 spiro atoms. The van der Waals surface area contributed by atoms with Crippen LogP contribution >= 0.6 is 11.8 Å². The summed E-state index contributed by atoms with van der Waals surface area (Å²) in [5, 5.41) is 3.32. The highest BCUT2D eigenvalue weighted by Gasteiger charge is 2.35. The first kappa shape index (κ1) is 15.4. The van der Waals surface area contributed by atoms with Crippen molar-refractivity contribution in [3.05, 3.63) is 35.4 Å². The van der Waals surface area contributed by atoms with Gasteiger partial charge in [0.25, 0.3) is 0 Å². The lowest BCUT2D eigenvalue weighted by atomic mass is 10.1. The zero-order chi connectivity index (χ0) is 14.8. The van der Waals surface area contributed by atoms with Gasteiger partial charge in [-0.15, -0.1) is 0 Å². The molecular formula is C16H24N2OS. The van der Waals surface area contributed by atoms with Crippen molar-refractivity contribution in [1.29, 1.82) is 0 Å². The molecule has 2 rings (SSSR count). The van der Waals surface area contributed by atoms with Crippen molar-refractivity contribution in [2.45, 2.75) is 38.1 Å². The monoisotopic (exact) mass is 292 g/mol. The molecule has 0 aromatic heterocycles. The molecular weight excluding hydrogens is 268 g/mol. The number of rotatable bonds is 5. The molecule has 1 aliphatic heterocycles. The summed E-state index contributed by atoms with van der Waals surface area (Å²) >= 11 is 1.80. The molecule has 1 saturated heterocycles. The van der Waals surface area contributed by atoms with Gasteiger partial charge < -0.3 is 4.90 Å². The normalized spacial score (nSPS) is 19.7. The molecule has 0 saturated carbocycles. The van der Waals surface area contributed by atoms with Crippen molar-refractivity contribution in [2.24, 2.45) is 0 Å². The second-order valence-electron chi connectivity index (χ2n) is 5.86. The fraction of sp³-hybridized carbons (Fsp3) is 0.562. The Bertz CT molecular complexity index is 470. The van der Waals surface area contributed by atoms with E-state index in [4.69, 9.17) is 0 Å². The average Bonchev–Trinajstić information content (AvgIpc) is 2.80. The first-order valence-electron chi connectivity index (χ1n) is 7.13. The van der Waals surface area contributed by atoms with Crippen LogP contribution in [0.3, 0.4) is 0 Å². The van der Waals surface area contributed by atoms with Gasteiger partial charge in [0, 0.05) is 11.3 Å². The molecule has 1 fully saturated rings. The molecule has 0 aliphatic carbocycles. The van der Waals surface area contributed by atoms with Crippen molar-refractivity contribution >= 4 is 17.7 Å². The number of carbonyl (C=O) groups is 1. The molecule has 1 atom stereocenters. The Kier molecular flexibility index (Phi) is 4.76. The standard InChI is InChI=1S/C16H24N2OS/c1-5-12-6-8-13(9-7-12)15-17-10-14(19)18(15)11-16(2,3)20-4/h6-9,15,17H,5,10-11H2,1-4H3. The molecule has 4 heteroatoms. The van der Waals surface area contributed by atoms with Crippen LogP contribution in [0, 0.1) is 0 Å². The van der Waals surface area contributed by atoms with Crippen LogP contribution in [0.25, 0.3) is 0 Å². The maximum absolute atomic E-state index is 12.1. The van der Waals surface area contributed by atoms with E-state index >= 15 is 0 Å². The molecule has 1 unspecified atom stereocenters. The number of aryl methyl sites for hydroxylation is 1. The number of nitrogens with zero attached hydrogens (tertiary/aromatic N) is 1. The average molecular weight is 292 g/mol. The van der Waals surface area contributed by atoms with Gasteiger partial charge in [0.15, 0.2) is 0 Å². The Morgan fingerprint density at radius 2 is 2.00 bits per heavy atom. The van der Waals surface area contributed by atoms with E-state index in [9.17, 15) is 4.79 Å². The van der Waals surface area contributed by atoms with Gasteiger partial charge in [0.2, 0.25) is 5.91 Å². The van der Waals surface area contributed by atoms with Crippen LogP contribution in [0.15, 0.2) is 24.3 Å². The molecule has 110 valence electrons. The summed E-state index contributed by atoms with van der Waals surface area (Å²) in [6.07, 6.45) is 3.15. The minimum absolute atomic E-state index is 0.0137. The molecule has 1 amide bonds. The molecule has 20 heavy (non-hydrogen) atoms. The Morgan fingerprint density at radius 3 is 2.55 bits per heavy atom. The molecule has 0 bridgehead atoms. The highest BCUT2D eigenvalue weighted by Crippen LogP contribution is 2.29. The third kappa shape index (κ3) is 3.36. The lowest BCUT2D eigenvalue weighted by Gasteiger charge is -2.32. The molecule has 1 aromatic carbocycles. The van der Waals surface area contributed by atoms with Gasteiger partial charge in [0.1, 0.15) is 6.17 Å². The molecule has 0 radical (unpaired) electrons. The number of hydrogen-bond acceptors (Lipinski definition) is 3. The van der Waals surface area contributed by atoms with E-state index in [1.807, 2.05) is 4.90 Å². The topological polar surface area (TPSA) is 32.3 Å². The van der Waals surface area contributed by atoms with Gasteiger partial charge >= 0.3 is 0 Å². The third-order valence-electron chi connectivity index (χ3n) is 3.89. The summed E-state index contributed by atoms with van der Waals surface area (Å²) in [4.78, 5) is 14.1. The van der Waals surface area contributed by atoms with E-state index in [2.05, 4.69) is 56.6 Å². The Balaban J connectivity index is 2.18. The van der Waals surface area contributed by atoms with Crippen LogP contribution in [0.5, 0.6) is 0 Å². The second-order valence-corrected chi connectivity index (χ2v) is 7.38. The summed E-state index contributed by atoms with van der Waals surface area (Å²) in [6, 6.07) is 8.57. The summed E-state index contributed by atoms with van der Waals surface area (Å²) in [6.45, 7) is 7.71. The predicted molar refractivity (Wildman–Crippen MR) is 85.9 cm³/mol. The first-order valence-corrected chi connectivity index (χ1v) is 8.36. The molecule has 1 N–H and O–H groups in total. The van der Waals surface area contributed by atoms with E-state index in [0.29, 0.717) is 6.54 Å². The van der Waals surface area contributed by atoms with Crippen molar-refractivity contribution in [2.75, 3.05) is 19.3 Å². The summed E-state index contributed by atoms with van der Waals surface area (Å²) in [7, 11) is 0. The number of nitrogens with one attached hydrogen (secondary N) is 1. The van der Waals surface area contributed by atoms with Gasteiger partial charge in [-0.05, 0) is 37.7 Å². The zero-order valence-corrected chi connectivity index (χ0v) is 13.6. The van der Waals surface area contributed by atoms with E-state index in [1.165, 1.54) is 11.1 Å². The highest BCUT2D eigenvalue weighted by atomic mass is 32.2. The number of benzene rings is 1. The van der Waals surface area contributed by atoms with Crippen LogP contribution in [-0.4, -0.2) is 34.9 Å². The summed E-state index contributed by atoms with van der Waals surface area (Å²) < 4.78 is 0.0727. The van der Waals surface area contributed by atoms with Crippen LogP contribution in [0.4, 0.5) is 0 Å². The minimum Gasteiger partial charge on any atom is -0.320 e. The van der Waals surface area contributed by atoms with E-state index in [1.54, 1.807) is 11.8 Å². The zero-order valence-electron chi connectivity index (χ0n) is 12.8. The number of hydrogen-bond donors (Lipinski definition) is 1. The van der Waals surface area contributed by atoms with E-state index in [0.717, 1.165) is 13.0 Å². The second kappa shape index (κ2) is 6.19. The molecule has 1 heterocycles. The number of thioether (sulfide) groups is 1. The highest BCUT2D eigenvalue weighted by molar-refractivity contribution is 7.99. The minimum atomic E-state index is 0.0137. The maximum Gasteiger partial charge on any atom is 0.238 e. The Morgan fingerprint density at radius 1 is 1.35 bits per heavy atom. The molecule has 3 nitrogen and oxygen atoms in total. The Labute approximate surface area is 126 Å². The first-order chi connectivity index (χ1) is 9.46. The summed E-state index contributed by atoms with van der Waals surface area (Å²) in [5.41, 5.74) is 2.50. The smallest absolute Gasteiger partial charge is 0.238 e. The number of carbonyl (C=O) groups excluding carboxylic acids is 1. The van der Waals surface area contributed by atoms with Gasteiger partial charge in [-0.3, -0.25) is 10.1 Å². The molecule has 1 aromatic rings. The lowest BCUT2D eigenvalue weighted by Crippen LogP contribution is -2.40. The van der Waals surface area contributed by atoms with Gasteiger partial charge in [0.05, 0.1) is 6.54 Å². The largest absolute Gasteiger partial charge is 0.320 e. The van der Waals surface area contributed by atoms with Gasteiger partial charge in [-0.2, -0.15) is 11.8 Å². The van der Waals surface area contributed by atoms with Crippen LogP contribution in [-0.2, 0) is 11.2 Å². The van der Waals surface area contributed by atoms with Crippen LogP contribution in [0.1, 0.15) is 38.1 Å². The fourth-order valence-corrected chi connectivity index (χ4v) is 2.70. The van der Waals surface area contributed by atoms with E-state index in [-0.39, 0.29) is 16.8 Å². The van der Waals surface area contributed by atoms with Crippen molar-refractivity contribution in [1.82, 2.24) is 10.2 Å². The van der Waals surface area contributed by atoms with Crippen molar-refractivity contribution in [3.8, 4) is 0 Å². The van der Waals surface area contributed by atoms with Gasteiger partial charge in [-0.25, -0.2) is 0 Å². The third-order valence-corrected chi connectivity index (χ3v) is 5.12. The predicted octanol–water partition coefficient (Wildman–Crippen LogP) is 2.82. The maximum atomic E-state index is 12.1. The SMILES string of the molecule is CCc1ccc(C2NCC(=O)N2CC(C)(C)SC)cc1. The van der Waals surface area contributed by atoms with Crippen LogP contribution in [0.2, 0.25) is 0 Å². The quantitative estimate of drug-likeness (QED) is 0.906. The molecule has 1 aliphatic rings. The number of amides is 1. The van der Waals surface area contributed by atoms with E-state index < -0.39 is 0 Å². The lowest BCUT2D eigenvalue weighted by molar-refractivity contribution is -0.128. The fourth-order valence-electron chi connectivity index (χ4n) is 2.43. The van der Waals surface area contributed by atoms with Crippen LogP contribution < -0.4 is 5.32 Å². The van der Waals surface area contributed by atoms with Crippen molar-refractivity contribution < 1.29 is 4.79 Å². The van der Waals surface area contributed by atoms with Crippen molar-refractivity contribution in [3.63, 3.8) is 0 Å². The summed E-state index contributed by atoms with van der Waals surface area (Å²) in [5.74, 6) is 0.191. The van der Waals surface area contributed by atoms with Gasteiger partial charge in [-0.1, -0.05) is 31.2 Å².